The molecule has 1 fully saturated rings. The Morgan fingerprint density at radius 2 is 2.10 bits per heavy atom. The number of primary sulfonamides is 1. The van der Waals surface area contributed by atoms with Gasteiger partial charge in [-0.1, -0.05) is 12.1 Å². The molecule has 160 valence electrons. The van der Waals surface area contributed by atoms with Crippen LogP contribution in [0.1, 0.15) is 17.2 Å². The first-order chi connectivity index (χ1) is 13.4. The molecule has 29 heavy (non-hydrogen) atoms. The monoisotopic (exact) mass is 534 g/mol. The quantitative estimate of drug-likeness (QED) is 0.335. The molecule has 9 nitrogen and oxygen atoms in total. The predicted octanol–water partition coefficient (Wildman–Crippen LogP) is 0.877. The van der Waals surface area contributed by atoms with Crippen molar-refractivity contribution in [3.8, 4) is 0 Å². The molecule has 1 saturated heterocycles. The van der Waals surface area contributed by atoms with Crippen molar-refractivity contribution < 1.29 is 13.2 Å². The van der Waals surface area contributed by atoms with E-state index in [0.29, 0.717) is 19.7 Å². The second-order valence-corrected chi connectivity index (χ2v) is 8.23. The summed E-state index contributed by atoms with van der Waals surface area (Å²) in [7, 11) is -0.00725. The van der Waals surface area contributed by atoms with Crippen molar-refractivity contribution in [2.45, 2.75) is 17.4 Å². The van der Waals surface area contributed by atoms with Crippen molar-refractivity contribution in [1.82, 2.24) is 20.0 Å². The Bertz CT molecular complexity index is 929. The van der Waals surface area contributed by atoms with E-state index in [2.05, 4.69) is 20.3 Å². The molecule has 1 unspecified atom stereocenters. The van der Waals surface area contributed by atoms with Crippen LogP contribution >= 0.6 is 24.0 Å². The molecular formula is C18H27IN6O3S. The van der Waals surface area contributed by atoms with E-state index < -0.39 is 10.0 Å². The van der Waals surface area contributed by atoms with Crippen LogP contribution in [0, 0.1) is 0 Å². The Hall–Kier alpha value is -1.70. The predicted molar refractivity (Wildman–Crippen MR) is 122 cm³/mol. The van der Waals surface area contributed by atoms with Crippen molar-refractivity contribution in [1.29, 1.82) is 0 Å². The lowest BCUT2D eigenvalue weighted by atomic mass is 10.1. The normalized spacial score (nSPS) is 17.7. The highest BCUT2D eigenvalue weighted by Gasteiger charge is 2.25. The summed E-state index contributed by atoms with van der Waals surface area (Å²) in [4.78, 5) is 6.67. The molecule has 1 aromatic heterocycles. The number of nitrogens with zero attached hydrogens (tertiary/aromatic N) is 4. The Balaban J connectivity index is 0.00000300. The van der Waals surface area contributed by atoms with Crippen LogP contribution in [0.3, 0.4) is 0 Å². The number of nitrogens with one attached hydrogen (secondary N) is 1. The molecule has 1 aliphatic rings. The number of halogens is 1. The summed E-state index contributed by atoms with van der Waals surface area (Å²) in [5.41, 5.74) is 2.07. The molecule has 0 radical (unpaired) electrons. The highest BCUT2D eigenvalue weighted by atomic mass is 127. The molecule has 11 heteroatoms. The van der Waals surface area contributed by atoms with Gasteiger partial charge in [0, 0.05) is 38.9 Å². The number of aliphatic imine (C=N–C) groups is 1. The third-order valence-electron chi connectivity index (χ3n) is 4.62. The van der Waals surface area contributed by atoms with Gasteiger partial charge in [-0.15, -0.1) is 24.0 Å². The number of morpholine rings is 1. The van der Waals surface area contributed by atoms with Crippen molar-refractivity contribution in [3.63, 3.8) is 0 Å². The van der Waals surface area contributed by atoms with Gasteiger partial charge >= 0.3 is 0 Å². The van der Waals surface area contributed by atoms with Gasteiger partial charge in [-0.25, -0.2) is 13.6 Å². The number of nitrogens with two attached hydrogens (primary N) is 1. The molecule has 1 atom stereocenters. The van der Waals surface area contributed by atoms with Gasteiger partial charge < -0.3 is 15.0 Å². The Morgan fingerprint density at radius 1 is 1.38 bits per heavy atom. The molecule has 3 rings (SSSR count). The van der Waals surface area contributed by atoms with E-state index in [1.54, 1.807) is 23.9 Å². The Labute approximate surface area is 188 Å². The minimum absolute atomic E-state index is 0. The van der Waals surface area contributed by atoms with Gasteiger partial charge in [0.1, 0.15) is 6.10 Å². The molecule has 0 aliphatic carbocycles. The second-order valence-electron chi connectivity index (χ2n) is 6.67. The maximum absolute atomic E-state index is 11.3. The van der Waals surface area contributed by atoms with Gasteiger partial charge in [0.2, 0.25) is 10.0 Å². The zero-order valence-electron chi connectivity index (χ0n) is 16.5. The lowest BCUT2D eigenvalue weighted by Gasteiger charge is -2.34. The van der Waals surface area contributed by atoms with Crippen LogP contribution in [-0.4, -0.2) is 62.3 Å². The van der Waals surface area contributed by atoms with Crippen molar-refractivity contribution >= 4 is 40.0 Å². The molecule has 2 aromatic rings. The van der Waals surface area contributed by atoms with Crippen LogP contribution in [0.2, 0.25) is 0 Å². The van der Waals surface area contributed by atoms with Gasteiger partial charge in [-0.3, -0.25) is 9.67 Å². The number of ether oxygens (including phenoxy) is 1. The Kier molecular flexibility index (Phi) is 8.43. The molecule has 0 spiro atoms. The number of aryl methyl sites for hydroxylation is 1. The van der Waals surface area contributed by atoms with Crippen molar-refractivity contribution in [2.75, 3.05) is 33.3 Å². The molecule has 0 bridgehead atoms. The number of rotatable bonds is 5. The number of benzene rings is 1. The first kappa shape index (κ1) is 23.6. The minimum Gasteiger partial charge on any atom is -0.370 e. The van der Waals surface area contributed by atoms with Gasteiger partial charge in [-0.2, -0.15) is 5.10 Å². The van der Waals surface area contributed by atoms with E-state index in [-0.39, 0.29) is 35.0 Å². The van der Waals surface area contributed by atoms with Gasteiger partial charge in [0.05, 0.1) is 24.2 Å². The number of hydrogen-bond donors (Lipinski definition) is 2. The van der Waals surface area contributed by atoms with Crippen molar-refractivity contribution in [3.05, 3.63) is 47.8 Å². The highest BCUT2D eigenvalue weighted by molar-refractivity contribution is 14.0. The molecule has 1 aromatic carbocycles. The van der Waals surface area contributed by atoms with E-state index in [1.807, 2.05) is 19.4 Å². The summed E-state index contributed by atoms with van der Waals surface area (Å²) in [6, 6.07) is 6.61. The molecule has 1 aliphatic heterocycles. The standard InChI is InChI=1S/C18H26N6O3S.HI/c1-20-18(21-8-7-14-3-5-16(6-4-14)28(19,25)26)24-9-10-27-17(13-24)15-11-22-23(2)12-15;/h3-6,11-12,17H,7-10,13H2,1-2H3,(H,20,21)(H2,19,25,26);1H. The topological polar surface area (TPSA) is 115 Å². The first-order valence-electron chi connectivity index (χ1n) is 9.04. The maximum Gasteiger partial charge on any atom is 0.238 e. The van der Waals surface area contributed by atoms with Crippen LogP contribution in [-0.2, 0) is 28.2 Å². The van der Waals surface area contributed by atoms with Gasteiger partial charge in [-0.05, 0) is 24.1 Å². The molecule has 2 heterocycles. The molecule has 3 N–H and O–H groups in total. The lowest BCUT2D eigenvalue weighted by molar-refractivity contribution is -0.00800. The van der Waals surface area contributed by atoms with E-state index in [9.17, 15) is 8.42 Å². The third kappa shape index (κ3) is 6.39. The summed E-state index contributed by atoms with van der Waals surface area (Å²) in [6.07, 6.45) is 4.50. The fourth-order valence-electron chi connectivity index (χ4n) is 3.15. The maximum atomic E-state index is 11.3. The number of sulfonamides is 1. The average Bonchev–Trinajstić information content (AvgIpc) is 3.11. The number of hydrogen-bond acceptors (Lipinski definition) is 5. The second kappa shape index (κ2) is 10.4. The number of guanidine groups is 1. The molecule has 0 saturated carbocycles. The van der Waals surface area contributed by atoms with Gasteiger partial charge in [0.25, 0.3) is 0 Å². The first-order valence-corrected chi connectivity index (χ1v) is 10.6. The van der Waals surface area contributed by atoms with Crippen LogP contribution in [0.25, 0.3) is 0 Å². The summed E-state index contributed by atoms with van der Waals surface area (Å²) in [5, 5.41) is 12.7. The summed E-state index contributed by atoms with van der Waals surface area (Å²) in [5.74, 6) is 0.818. The lowest BCUT2D eigenvalue weighted by Crippen LogP contribution is -2.48. The van der Waals surface area contributed by atoms with E-state index >= 15 is 0 Å². The Morgan fingerprint density at radius 3 is 2.69 bits per heavy atom. The molecule has 0 amide bonds. The highest BCUT2D eigenvalue weighted by Crippen LogP contribution is 2.21. The fourth-order valence-corrected chi connectivity index (χ4v) is 3.66. The van der Waals surface area contributed by atoms with Crippen LogP contribution in [0.4, 0.5) is 0 Å². The van der Waals surface area contributed by atoms with Gasteiger partial charge in [0.15, 0.2) is 5.96 Å². The minimum atomic E-state index is -3.66. The third-order valence-corrected chi connectivity index (χ3v) is 5.55. The summed E-state index contributed by atoms with van der Waals surface area (Å²) >= 11 is 0. The van der Waals surface area contributed by atoms with Crippen LogP contribution < -0.4 is 10.5 Å². The zero-order valence-corrected chi connectivity index (χ0v) is 19.6. The summed E-state index contributed by atoms with van der Waals surface area (Å²) in [6.45, 7) is 2.76. The smallest absolute Gasteiger partial charge is 0.238 e. The van der Waals surface area contributed by atoms with E-state index in [1.165, 1.54) is 12.1 Å². The van der Waals surface area contributed by atoms with Crippen LogP contribution in [0.15, 0.2) is 46.5 Å². The van der Waals surface area contributed by atoms with Crippen LogP contribution in [0.5, 0.6) is 0 Å². The largest absolute Gasteiger partial charge is 0.370 e. The fraction of sp³-hybridized carbons (Fsp3) is 0.444. The summed E-state index contributed by atoms with van der Waals surface area (Å²) < 4.78 is 30.3. The van der Waals surface area contributed by atoms with E-state index in [0.717, 1.165) is 30.1 Å². The molecular weight excluding hydrogens is 507 g/mol. The zero-order chi connectivity index (χ0) is 20.1. The van der Waals surface area contributed by atoms with Crippen molar-refractivity contribution in [2.24, 2.45) is 17.2 Å². The SMILES string of the molecule is CN=C(NCCc1ccc(S(N)(=O)=O)cc1)N1CCOC(c2cnn(C)c2)C1.I. The average molecular weight is 534 g/mol. The van der Waals surface area contributed by atoms with E-state index in [4.69, 9.17) is 9.88 Å². The number of aromatic nitrogens is 2.